The van der Waals surface area contributed by atoms with Gasteiger partial charge in [0.15, 0.2) is 0 Å². The first kappa shape index (κ1) is 10.4. The van der Waals surface area contributed by atoms with Gasteiger partial charge in [-0.2, -0.15) is 0 Å². The molecule has 0 saturated heterocycles. The highest BCUT2D eigenvalue weighted by atomic mass is 16.6. The van der Waals surface area contributed by atoms with E-state index in [0.29, 0.717) is 6.42 Å². The number of nitro groups is 1. The SMILES string of the molecule is CC/C(=C/c1ccc(C)cc1)[N+](=O)[O-]. The first-order chi connectivity index (χ1) is 6.63. The van der Waals surface area contributed by atoms with Crippen LogP contribution in [0.3, 0.4) is 0 Å². The average molecular weight is 191 g/mol. The molecule has 74 valence electrons. The minimum Gasteiger partial charge on any atom is -0.259 e. The fourth-order valence-corrected chi connectivity index (χ4v) is 1.14. The molecule has 0 fully saturated rings. The fraction of sp³-hybridized carbons (Fsp3) is 0.273. The van der Waals surface area contributed by atoms with E-state index in [9.17, 15) is 10.1 Å². The molecule has 0 spiro atoms. The quantitative estimate of drug-likeness (QED) is 0.544. The summed E-state index contributed by atoms with van der Waals surface area (Å²) >= 11 is 0. The van der Waals surface area contributed by atoms with Gasteiger partial charge in [0.1, 0.15) is 0 Å². The summed E-state index contributed by atoms with van der Waals surface area (Å²) in [6.07, 6.45) is 2.06. The fourth-order valence-electron chi connectivity index (χ4n) is 1.14. The second kappa shape index (κ2) is 4.56. The predicted octanol–water partition coefficient (Wildman–Crippen LogP) is 3.02. The van der Waals surface area contributed by atoms with Crippen LogP contribution in [-0.2, 0) is 0 Å². The molecule has 1 rings (SSSR count). The van der Waals surface area contributed by atoms with Crippen molar-refractivity contribution in [2.75, 3.05) is 0 Å². The third kappa shape index (κ3) is 2.69. The molecule has 3 nitrogen and oxygen atoms in total. The number of hydrogen-bond donors (Lipinski definition) is 0. The highest BCUT2D eigenvalue weighted by molar-refractivity contribution is 5.51. The highest BCUT2D eigenvalue weighted by Gasteiger charge is 2.06. The minimum absolute atomic E-state index is 0.244. The average Bonchev–Trinajstić information content (AvgIpc) is 2.16. The summed E-state index contributed by atoms with van der Waals surface area (Å²) in [5.74, 6) is 0. The van der Waals surface area contributed by atoms with Crippen molar-refractivity contribution in [3.8, 4) is 0 Å². The van der Waals surface area contributed by atoms with E-state index in [4.69, 9.17) is 0 Å². The number of rotatable bonds is 3. The van der Waals surface area contributed by atoms with Gasteiger partial charge in [-0.05, 0) is 12.5 Å². The molecule has 14 heavy (non-hydrogen) atoms. The van der Waals surface area contributed by atoms with Gasteiger partial charge in [-0.1, -0.05) is 36.8 Å². The lowest BCUT2D eigenvalue weighted by Crippen LogP contribution is -1.96. The molecule has 0 amide bonds. The molecule has 0 bridgehead atoms. The highest BCUT2D eigenvalue weighted by Crippen LogP contribution is 2.11. The molecule has 0 aliphatic carbocycles. The van der Waals surface area contributed by atoms with Crippen molar-refractivity contribution in [3.05, 3.63) is 51.2 Å². The van der Waals surface area contributed by atoms with E-state index in [1.807, 2.05) is 31.2 Å². The molecule has 0 radical (unpaired) electrons. The summed E-state index contributed by atoms with van der Waals surface area (Å²) < 4.78 is 0. The van der Waals surface area contributed by atoms with Crippen molar-refractivity contribution in [3.63, 3.8) is 0 Å². The molecule has 0 aliphatic heterocycles. The molecule has 0 atom stereocenters. The van der Waals surface area contributed by atoms with Crippen LogP contribution in [0.2, 0.25) is 0 Å². The van der Waals surface area contributed by atoms with Crippen molar-refractivity contribution in [1.82, 2.24) is 0 Å². The third-order valence-electron chi connectivity index (χ3n) is 2.01. The lowest BCUT2D eigenvalue weighted by atomic mass is 10.1. The van der Waals surface area contributed by atoms with Crippen molar-refractivity contribution in [1.29, 1.82) is 0 Å². The summed E-state index contributed by atoms with van der Waals surface area (Å²) in [5.41, 5.74) is 2.28. The molecular formula is C11H13NO2. The lowest BCUT2D eigenvalue weighted by molar-refractivity contribution is -0.425. The molecule has 1 aromatic carbocycles. The second-order valence-corrected chi connectivity index (χ2v) is 3.16. The van der Waals surface area contributed by atoms with Crippen molar-refractivity contribution >= 4 is 6.08 Å². The summed E-state index contributed by atoms with van der Waals surface area (Å²) in [5, 5.41) is 10.5. The molecule has 0 saturated carbocycles. The maximum absolute atomic E-state index is 10.5. The molecular weight excluding hydrogens is 178 g/mol. The van der Waals surface area contributed by atoms with E-state index >= 15 is 0 Å². The van der Waals surface area contributed by atoms with Crippen LogP contribution in [0.15, 0.2) is 30.0 Å². The Morgan fingerprint density at radius 1 is 1.43 bits per heavy atom. The van der Waals surface area contributed by atoms with Crippen LogP contribution in [-0.4, -0.2) is 4.92 Å². The zero-order valence-electron chi connectivity index (χ0n) is 8.36. The van der Waals surface area contributed by atoms with Crippen LogP contribution in [0.5, 0.6) is 0 Å². The van der Waals surface area contributed by atoms with Gasteiger partial charge in [0, 0.05) is 12.5 Å². The molecule has 0 N–H and O–H groups in total. The van der Waals surface area contributed by atoms with Crippen LogP contribution in [0, 0.1) is 17.0 Å². The van der Waals surface area contributed by atoms with E-state index in [2.05, 4.69) is 0 Å². The number of hydrogen-bond acceptors (Lipinski definition) is 2. The molecule has 0 aliphatic rings. The van der Waals surface area contributed by atoms with Crippen molar-refractivity contribution < 1.29 is 4.92 Å². The molecule has 0 heterocycles. The Hall–Kier alpha value is -1.64. The van der Waals surface area contributed by atoms with E-state index in [1.54, 1.807) is 13.0 Å². The van der Waals surface area contributed by atoms with Gasteiger partial charge in [-0.15, -0.1) is 0 Å². The van der Waals surface area contributed by atoms with Gasteiger partial charge >= 0.3 is 0 Å². The van der Waals surface area contributed by atoms with Crippen molar-refractivity contribution in [2.24, 2.45) is 0 Å². The Morgan fingerprint density at radius 3 is 2.43 bits per heavy atom. The van der Waals surface area contributed by atoms with Crippen molar-refractivity contribution in [2.45, 2.75) is 20.3 Å². The number of benzene rings is 1. The van der Waals surface area contributed by atoms with E-state index in [0.717, 1.165) is 11.1 Å². The normalized spacial score (nSPS) is 11.4. The second-order valence-electron chi connectivity index (χ2n) is 3.16. The smallest absolute Gasteiger partial charge is 0.246 e. The largest absolute Gasteiger partial charge is 0.259 e. The maximum Gasteiger partial charge on any atom is 0.246 e. The zero-order valence-corrected chi connectivity index (χ0v) is 8.36. The number of nitrogens with zero attached hydrogens (tertiary/aromatic N) is 1. The Labute approximate surface area is 83.2 Å². The van der Waals surface area contributed by atoms with Crippen LogP contribution in [0.25, 0.3) is 6.08 Å². The van der Waals surface area contributed by atoms with Gasteiger partial charge in [0.05, 0.1) is 4.92 Å². The number of aryl methyl sites for hydroxylation is 1. The topological polar surface area (TPSA) is 43.1 Å². The van der Waals surface area contributed by atoms with Gasteiger partial charge in [0.2, 0.25) is 5.70 Å². The van der Waals surface area contributed by atoms with Crippen LogP contribution in [0.1, 0.15) is 24.5 Å². The zero-order chi connectivity index (χ0) is 10.6. The van der Waals surface area contributed by atoms with Gasteiger partial charge in [-0.3, -0.25) is 10.1 Å². The lowest BCUT2D eigenvalue weighted by Gasteiger charge is -1.96. The molecule has 0 unspecified atom stereocenters. The van der Waals surface area contributed by atoms with Crippen LogP contribution >= 0.6 is 0 Å². The van der Waals surface area contributed by atoms with E-state index < -0.39 is 0 Å². The Kier molecular flexibility index (Phi) is 3.40. The monoisotopic (exact) mass is 191 g/mol. The third-order valence-corrected chi connectivity index (χ3v) is 2.01. The summed E-state index contributed by atoms with van der Waals surface area (Å²) in [7, 11) is 0. The minimum atomic E-state index is -0.333. The van der Waals surface area contributed by atoms with E-state index in [-0.39, 0.29) is 10.6 Å². The summed E-state index contributed by atoms with van der Waals surface area (Å²) in [4.78, 5) is 10.2. The predicted molar refractivity (Wildman–Crippen MR) is 56.4 cm³/mol. The Balaban J connectivity index is 2.95. The van der Waals surface area contributed by atoms with Gasteiger partial charge in [-0.25, -0.2) is 0 Å². The molecule has 0 aromatic heterocycles. The van der Waals surface area contributed by atoms with Crippen LogP contribution < -0.4 is 0 Å². The standard InChI is InChI=1S/C11H13NO2/c1-3-11(12(13)14)8-10-6-4-9(2)5-7-10/h4-8H,3H2,1-2H3/b11-8-. The summed E-state index contributed by atoms with van der Waals surface area (Å²) in [6, 6.07) is 7.65. The van der Waals surface area contributed by atoms with Gasteiger partial charge < -0.3 is 0 Å². The van der Waals surface area contributed by atoms with Crippen LogP contribution in [0.4, 0.5) is 0 Å². The van der Waals surface area contributed by atoms with Gasteiger partial charge in [0.25, 0.3) is 0 Å². The number of allylic oxidation sites excluding steroid dienone is 1. The summed E-state index contributed by atoms with van der Waals surface area (Å²) in [6.45, 7) is 3.77. The first-order valence-electron chi connectivity index (χ1n) is 4.55. The Bertz CT molecular complexity index is 352. The maximum atomic E-state index is 10.5. The Morgan fingerprint density at radius 2 is 2.00 bits per heavy atom. The van der Waals surface area contributed by atoms with E-state index in [1.165, 1.54) is 0 Å². The molecule has 1 aromatic rings. The molecule has 3 heteroatoms. The first-order valence-corrected chi connectivity index (χ1v) is 4.55.